The van der Waals surface area contributed by atoms with Crippen molar-refractivity contribution in [2.45, 2.75) is 19.4 Å². The molecule has 0 fully saturated rings. The summed E-state index contributed by atoms with van der Waals surface area (Å²) in [6.07, 6.45) is 4.62. The highest BCUT2D eigenvalue weighted by molar-refractivity contribution is 9.11. The van der Waals surface area contributed by atoms with Crippen molar-refractivity contribution >= 4 is 31.9 Å². The van der Waals surface area contributed by atoms with Crippen LogP contribution in [-0.4, -0.2) is 26.5 Å². The topological polar surface area (TPSA) is 55.6 Å². The molecule has 2 heterocycles. The van der Waals surface area contributed by atoms with E-state index < -0.39 is 0 Å². The Hall–Kier alpha value is -0.790. The Kier molecular flexibility index (Phi) is 5.06. The summed E-state index contributed by atoms with van der Waals surface area (Å²) in [5.41, 5.74) is 1.92. The van der Waals surface area contributed by atoms with Crippen molar-refractivity contribution in [2.75, 3.05) is 6.54 Å². The van der Waals surface area contributed by atoms with Crippen LogP contribution < -0.4 is 5.32 Å². The number of nitrogens with one attached hydrogen (secondary N) is 1. The predicted octanol–water partition coefficient (Wildman–Crippen LogP) is 2.82. The molecule has 2 rings (SSSR count). The third-order valence-corrected chi connectivity index (χ3v) is 3.82. The van der Waals surface area contributed by atoms with Gasteiger partial charge in [0, 0.05) is 22.2 Å². The Labute approximate surface area is 129 Å². The zero-order chi connectivity index (χ0) is 13.8. The molecule has 2 aromatic heterocycles. The average Bonchev–Trinajstić information content (AvgIpc) is 2.78. The van der Waals surface area contributed by atoms with Crippen LogP contribution in [0.25, 0.3) is 0 Å². The zero-order valence-electron chi connectivity index (χ0n) is 10.8. The van der Waals surface area contributed by atoms with Gasteiger partial charge in [-0.15, -0.1) is 5.10 Å². The lowest BCUT2D eigenvalue weighted by molar-refractivity contribution is 0.539. The maximum Gasteiger partial charge on any atom is 0.0949 e. The smallest absolute Gasteiger partial charge is 0.0949 e. The minimum absolute atomic E-state index is 0.0255. The van der Waals surface area contributed by atoms with Crippen LogP contribution in [0.5, 0.6) is 0 Å². The minimum atomic E-state index is -0.0255. The Morgan fingerprint density at radius 3 is 2.74 bits per heavy atom. The quantitative estimate of drug-likeness (QED) is 0.855. The molecule has 0 aliphatic carbocycles. The van der Waals surface area contributed by atoms with E-state index in [9.17, 15) is 0 Å². The maximum atomic E-state index is 4.50. The zero-order valence-corrected chi connectivity index (χ0v) is 13.9. The minimum Gasteiger partial charge on any atom is -0.304 e. The Morgan fingerprint density at radius 1 is 1.37 bits per heavy atom. The number of halogens is 2. The number of hydrogen-bond donors (Lipinski definition) is 1. The summed E-state index contributed by atoms with van der Waals surface area (Å²) in [5.74, 6) is 0. The molecule has 0 spiro atoms. The van der Waals surface area contributed by atoms with Crippen LogP contribution in [-0.2, 0) is 7.05 Å². The molecule has 0 radical (unpaired) electrons. The molecule has 0 bridgehead atoms. The number of hydrogen-bond acceptors (Lipinski definition) is 4. The third-order valence-electron chi connectivity index (χ3n) is 2.75. The first-order valence-corrected chi connectivity index (χ1v) is 7.61. The molecule has 2 aromatic rings. The summed E-state index contributed by atoms with van der Waals surface area (Å²) in [4.78, 5) is 4.50. The summed E-state index contributed by atoms with van der Waals surface area (Å²) >= 11 is 6.99. The van der Waals surface area contributed by atoms with Crippen LogP contribution in [0.2, 0.25) is 0 Å². The standard InChI is InChI=1S/C12H15Br2N5/c1-3-4-15-12(10-7-17-18-19(10)2)11-9(14)5-8(13)6-16-11/h5-7,12,15H,3-4H2,1-2H3. The van der Waals surface area contributed by atoms with E-state index in [0.29, 0.717) is 0 Å². The summed E-state index contributed by atoms with van der Waals surface area (Å²) in [6.45, 7) is 3.04. The highest BCUT2D eigenvalue weighted by atomic mass is 79.9. The highest BCUT2D eigenvalue weighted by Crippen LogP contribution is 2.28. The summed E-state index contributed by atoms with van der Waals surface area (Å²) < 4.78 is 3.67. The molecular formula is C12H15Br2N5. The van der Waals surface area contributed by atoms with E-state index in [4.69, 9.17) is 0 Å². The van der Waals surface area contributed by atoms with Gasteiger partial charge in [0.25, 0.3) is 0 Å². The van der Waals surface area contributed by atoms with Gasteiger partial charge >= 0.3 is 0 Å². The summed E-state index contributed by atoms with van der Waals surface area (Å²) in [5, 5.41) is 11.4. The molecule has 1 unspecified atom stereocenters. The third kappa shape index (κ3) is 3.40. The number of aromatic nitrogens is 4. The first kappa shape index (κ1) is 14.6. The Morgan fingerprint density at radius 2 is 2.16 bits per heavy atom. The van der Waals surface area contributed by atoms with Crippen molar-refractivity contribution in [3.8, 4) is 0 Å². The second-order valence-electron chi connectivity index (χ2n) is 4.19. The summed E-state index contributed by atoms with van der Waals surface area (Å²) in [6, 6.07) is 1.97. The summed E-state index contributed by atoms with van der Waals surface area (Å²) in [7, 11) is 1.88. The molecule has 0 saturated carbocycles. The van der Waals surface area contributed by atoms with Crippen molar-refractivity contribution < 1.29 is 0 Å². The second-order valence-corrected chi connectivity index (χ2v) is 5.96. The van der Waals surface area contributed by atoms with Crippen molar-refractivity contribution in [3.05, 3.63) is 38.8 Å². The van der Waals surface area contributed by atoms with Gasteiger partial charge in [-0.1, -0.05) is 12.1 Å². The van der Waals surface area contributed by atoms with Crippen LogP contribution in [0.15, 0.2) is 27.4 Å². The van der Waals surface area contributed by atoms with E-state index in [-0.39, 0.29) is 6.04 Å². The normalized spacial score (nSPS) is 12.6. The number of rotatable bonds is 5. The maximum absolute atomic E-state index is 4.50. The Bertz CT molecular complexity index is 555. The van der Waals surface area contributed by atoms with Gasteiger partial charge in [0.1, 0.15) is 0 Å². The van der Waals surface area contributed by atoms with Crippen molar-refractivity contribution in [2.24, 2.45) is 7.05 Å². The van der Waals surface area contributed by atoms with Crippen LogP contribution in [0.4, 0.5) is 0 Å². The van der Waals surface area contributed by atoms with Crippen molar-refractivity contribution in [1.29, 1.82) is 0 Å². The van der Waals surface area contributed by atoms with Gasteiger partial charge in [-0.2, -0.15) is 0 Å². The number of pyridine rings is 1. The first-order valence-electron chi connectivity index (χ1n) is 6.02. The van der Waals surface area contributed by atoms with E-state index in [0.717, 1.165) is 33.3 Å². The van der Waals surface area contributed by atoms with Crippen LogP contribution >= 0.6 is 31.9 Å². The SMILES string of the molecule is CCCNC(c1ncc(Br)cc1Br)c1cnnn1C. The van der Waals surface area contributed by atoms with E-state index >= 15 is 0 Å². The van der Waals surface area contributed by atoms with Gasteiger partial charge in [0.2, 0.25) is 0 Å². The molecule has 7 heteroatoms. The van der Waals surface area contributed by atoms with Crippen LogP contribution in [0, 0.1) is 0 Å². The fourth-order valence-electron chi connectivity index (χ4n) is 1.83. The fourth-order valence-corrected chi connectivity index (χ4v) is 3.04. The molecule has 0 aliphatic heterocycles. The van der Waals surface area contributed by atoms with E-state index in [1.54, 1.807) is 17.1 Å². The van der Waals surface area contributed by atoms with Gasteiger partial charge in [0.15, 0.2) is 0 Å². The van der Waals surface area contributed by atoms with E-state index in [1.165, 1.54) is 0 Å². The molecule has 5 nitrogen and oxygen atoms in total. The van der Waals surface area contributed by atoms with Crippen molar-refractivity contribution in [1.82, 2.24) is 25.3 Å². The molecule has 1 atom stereocenters. The van der Waals surface area contributed by atoms with Gasteiger partial charge in [-0.25, -0.2) is 0 Å². The molecular weight excluding hydrogens is 374 g/mol. The monoisotopic (exact) mass is 387 g/mol. The van der Waals surface area contributed by atoms with Gasteiger partial charge in [-0.3, -0.25) is 9.67 Å². The molecule has 0 amide bonds. The van der Waals surface area contributed by atoms with Crippen molar-refractivity contribution in [3.63, 3.8) is 0 Å². The van der Waals surface area contributed by atoms with E-state index in [2.05, 4.69) is 59.4 Å². The lowest BCUT2D eigenvalue weighted by atomic mass is 10.1. The van der Waals surface area contributed by atoms with Crippen LogP contribution in [0.1, 0.15) is 30.8 Å². The van der Waals surface area contributed by atoms with Gasteiger partial charge < -0.3 is 5.32 Å². The van der Waals surface area contributed by atoms with E-state index in [1.807, 2.05) is 13.1 Å². The highest BCUT2D eigenvalue weighted by Gasteiger charge is 2.21. The molecule has 0 saturated heterocycles. The second kappa shape index (κ2) is 6.58. The van der Waals surface area contributed by atoms with Gasteiger partial charge in [-0.05, 0) is 50.9 Å². The molecule has 19 heavy (non-hydrogen) atoms. The average molecular weight is 389 g/mol. The fraction of sp³-hybridized carbons (Fsp3) is 0.417. The lowest BCUT2D eigenvalue weighted by Gasteiger charge is -2.19. The number of aryl methyl sites for hydroxylation is 1. The predicted molar refractivity (Wildman–Crippen MR) is 80.8 cm³/mol. The lowest BCUT2D eigenvalue weighted by Crippen LogP contribution is -2.26. The number of nitrogens with zero attached hydrogens (tertiary/aromatic N) is 4. The first-order chi connectivity index (χ1) is 9.13. The Balaban J connectivity index is 2.40. The van der Waals surface area contributed by atoms with Crippen LogP contribution in [0.3, 0.4) is 0 Å². The molecule has 0 aliphatic rings. The molecule has 0 aromatic carbocycles. The largest absolute Gasteiger partial charge is 0.304 e. The molecule has 1 N–H and O–H groups in total. The van der Waals surface area contributed by atoms with Gasteiger partial charge in [0.05, 0.1) is 23.6 Å². The molecule has 102 valence electrons.